The molecule has 0 N–H and O–H groups in total. The summed E-state index contributed by atoms with van der Waals surface area (Å²) in [6.07, 6.45) is 6.71. The standard InChI is InChI=1S/C24H27N5O2/c1-19-2-6-21(26-16-19)7-3-20-4-8-23(9-5-20)31-24(30)29-14-12-28(13-15-29)17-22-10-11-25-18-27-22/h2,4-6,8-11,16,18H,3,7,12-15,17H2,1H3. The van der Waals surface area contributed by atoms with E-state index in [1.165, 1.54) is 11.1 Å². The molecular weight excluding hydrogens is 390 g/mol. The molecule has 0 spiro atoms. The predicted molar refractivity (Wildman–Crippen MR) is 118 cm³/mol. The molecule has 0 radical (unpaired) electrons. The summed E-state index contributed by atoms with van der Waals surface area (Å²) in [4.78, 5) is 29.2. The topological polar surface area (TPSA) is 71.5 Å². The number of piperazine rings is 1. The lowest BCUT2D eigenvalue weighted by Crippen LogP contribution is -2.49. The molecular formula is C24H27N5O2. The lowest BCUT2D eigenvalue weighted by molar-refractivity contribution is 0.107. The molecule has 3 aromatic rings. The lowest BCUT2D eigenvalue weighted by atomic mass is 10.1. The molecule has 1 aliphatic rings. The van der Waals surface area contributed by atoms with E-state index in [2.05, 4.69) is 32.0 Å². The average molecular weight is 418 g/mol. The minimum atomic E-state index is -0.293. The van der Waals surface area contributed by atoms with Gasteiger partial charge in [0, 0.05) is 50.8 Å². The molecule has 0 atom stereocenters. The number of amides is 1. The Bertz CT molecular complexity index is 969. The van der Waals surface area contributed by atoms with Crippen molar-refractivity contribution >= 4 is 6.09 Å². The first-order valence-corrected chi connectivity index (χ1v) is 10.6. The number of aromatic nitrogens is 3. The number of aryl methyl sites for hydroxylation is 3. The molecule has 3 heterocycles. The van der Waals surface area contributed by atoms with Gasteiger partial charge in [-0.3, -0.25) is 9.88 Å². The second-order valence-electron chi connectivity index (χ2n) is 7.80. The van der Waals surface area contributed by atoms with Crippen molar-refractivity contribution in [3.8, 4) is 5.75 Å². The first-order chi connectivity index (χ1) is 15.2. The van der Waals surface area contributed by atoms with Gasteiger partial charge in [-0.15, -0.1) is 0 Å². The Balaban J connectivity index is 1.22. The molecule has 31 heavy (non-hydrogen) atoms. The van der Waals surface area contributed by atoms with Gasteiger partial charge >= 0.3 is 6.09 Å². The van der Waals surface area contributed by atoms with Crippen molar-refractivity contribution in [2.45, 2.75) is 26.3 Å². The largest absolute Gasteiger partial charge is 0.415 e. The molecule has 0 unspecified atom stereocenters. The Morgan fingerprint density at radius 3 is 2.42 bits per heavy atom. The highest BCUT2D eigenvalue weighted by atomic mass is 16.6. The van der Waals surface area contributed by atoms with E-state index < -0.39 is 0 Å². The fourth-order valence-electron chi connectivity index (χ4n) is 3.54. The Morgan fingerprint density at radius 1 is 0.935 bits per heavy atom. The van der Waals surface area contributed by atoms with E-state index in [-0.39, 0.29) is 6.09 Å². The van der Waals surface area contributed by atoms with Gasteiger partial charge in [0.1, 0.15) is 12.1 Å². The van der Waals surface area contributed by atoms with Crippen molar-refractivity contribution in [2.75, 3.05) is 26.2 Å². The quantitative estimate of drug-likeness (QED) is 0.613. The summed E-state index contributed by atoms with van der Waals surface area (Å²) in [6, 6.07) is 13.8. The number of carbonyl (C=O) groups excluding carboxylic acids is 1. The monoisotopic (exact) mass is 417 g/mol. The molecule has 0 bridgehead atoms. The summed E-state index contributed by atoms with van der Waals surface area (Å²) >= 11 is 0. The number of hydrogen-bond acceptors (Lipinski definition) is 6. The van der Waals surface area contributed by atoms with Gasteiger partial charge in [-0.2, -0.15) is 0 Å². The third-order valence-corrected chi connectivity index (χ3v) is 5.43. The second-order valence-corrected chi connectivity index (χ2v) is 7.80. The third-order valence-electron chi connectivity index (χ3n) is 5.43. The fourth-order valence-corrected chi connectivity index (χ4v) is 3.54. The maximum absolute atomic E-state index is 12.5. The van der Waals surface area contributed by atoms with Gasteiger partial charge in [-0.05, 0) is 55.2 Å². The van der Waals surface area contributed by atoms with E-state index in [0.29, 0.717) is 18.8 Å². The highest BCUT2D eigenvalue weighted by molar-refractivity contribution is 5.70. The Kier molecular flexibility index (Phi) is 6.84. The van der Waals surface area contributed by atoms with Gasteiger partial charge in [-0.1, -0.05) is 18.2 Å². The van der Waals surface area contributed by atoms with Crippen molar-refractivity contribution in [3.63, 3.8) is 0 Å². The van der Waals surface area contributed by atoms with Crippen molar-refractivity contribution in [1.82, 2.24) is 24.8 Å². The molecule has 1 fully saturated rings. The molecule has 0 saturated carbocycles. The first kappa shape index (κ1) is 20.9. The van der Waals surface area contributed by atoms with Crippen LogP contribution in [-0.4, -0.2) is 57.0 Å². The van der Waals surface area contributed by atoms with Crippen LogP contribution in [0.25, 0.3) is 0 Å². The van der Waals surface area contributed by atoms with Gasteiger partial charge in [0.15, 0.2) is 0 Å². The molecule has 160 valence electrons. The van der Waals surface area contributed by atoms with Crippen molar-refractivity contribution in [1.29, 1.82) is 0 Å². The molecule has 0 aliphatic carbocycles. The number of benzene rings is 1. The predicted octanol–water partition coefficient (Wildman–Crippen LogP) is 3.28. The number of ether oxygens (including phenoxy) is 1. The Labute approximate surface area is 182 Å². The van der Waals surface area contributed by atoms with Crippen molar-refractivity contribution in [2.24, 2.45) is 0 Å². The number of pyridine rings is 1. The Morgan fingerprint density at radius 2 is 1.74 bits per heavy atom. The summed E-state index contributed by atoms with van der Waals surface area (Å²) in [5.41, 5.74) is 4.44. The summed E-state index contributed by atoms with van der Waals surface area (Å²) in [6.45, 7) is 5.69. The molecule has 2 aromatic heterocycles. The molecule has 1 aromatic carbocycles. The summed E-state index contributed by atoms with van der Waals surface area (Å²) in [5, 5.41) is 0. The van der Waals surface area contributed by atoms with E-state index in [9.17, 15) is 4.79 Å². The second kappa shape index (κ2) is 10.1. The molecule has 4 rings (SSSR count). The van der Waals surface area contributed by atoms with Crippen LogP contribution in [0.2, 0.25) is 0 Å². The Hall–Kier alpha value is -3.32. The van der Waals surface area contributed by atoms with Gasteiger partial charge in [0.05, 0.1) is 5.69 Å². The van der Waals surface area contributed by atoms with Crippen molar-refractivity contribution < 1.29 is 9.53 Å². The van der Waals surface area contributed by atoms with Crippen molar-refractivity contribution in [3.05, 3.63) is 83.7 Å². The molecule has 1 amide bonds. The number of nitrogens with zero attached hydrogens (tertiary/aromatic N) is 5. The van der Waals surface area contributed by atoms with E-state index in [4.69, 9.17) is 4.74 Å². The van der Waals surface area contributed by atoms with Crippen LogP contribution in [0.5, 0.6) is 5.75 Å². The van der Waals surface area contributed by atoms with E-state index in [0.717, 1.165) is 43.9 Å². The summed E-state index contributed by atoms with van der Waals surface area (Å²) < 4.78 is 5.57. The maximum Gasteiger partial charge on any atom is 0.415 e. The molecule has 7 nitrogen and oxygen atoms in total. The first-order valence-electron chi connectivity index (χ1n) is 10.6. The normalized spacial score (nSPS) is 14.4. The SMILES string of the molecule is Cc1ccc(CCc2ccc(OC(=O)N3CCN(Cc4ccncn4)CC3)cc2)nc1. The minimum Gasteiger partial charge on any atom is -0.410 e. The van der Waals surface area contributed by atoms with Crippen LogP contribution < -0.4 is 4.74 Å². The van der Waals surface area contributed by atoms with Crippen LogP contribution in [0, 0.1) is 6.92 Å². The third kappa shape index (κ3) is 6.08. The van der Waals surface area contributed by atoms with Gasteiger partial charge in [-0.25, -0.2) is 14.8 Å². The van der Waals surface area contributed by atoms with Crippen LogP contribution >= 0.6 is 0 Å². The fraction of sp³-hybridized carbons (Fsp3) is 0.333. The van der Waals surface area contributed by atoms with Crippen LogP contribution in [0.15, 0.2) is 61.2 Å². The number of rotatable bonds is 6. The van der Waals surface area contributed by atoms with Crippen LogP contribution in [0.4, 0.5) is 4.79 Å². The molecule has 1 saturated heterocycles. The molecule has 1 aliphatic heterocycles. The van der Waals surface area contributed by atoms with E-state index >= 15 is 0 Å². The lowest BCUT2D eigenvalue weighted by Gasteiger charge is -2.33. The van der Waals surface area contributed by atoms with Crippen LogP contribution in [-0.2, 0) is 19.4 Å². The average Bonchev–Trinajstić information content (AvgIpc) is 2.81. The van der Waals surface area contributed by atoms with Gasteiger partial charge in [0.2, 0.25) is 0 Å². The smallest absolute Gasteiger partial charge is 0.410 e. The summed E-state index contributed by atoms with van der Waals surface area (Å²) in [7, 11) is 0. The van der Waals surface area contributed by atoms with Gasteiger partial charge in [0.25, 0.3) is 0 Å². The van der Waals surface area contributed by atoms with E-state index in [1.807, 2.05) is 43.5 Å². The van der Waals surface area contributed by atoms with Crippen LogP contribution in [0.3, 0.4) is 0 Å². The van der Waals surface area contributed by atoms with Crippen LogP contribution in [0.1, 0.15) is 22.5 Å². The highest BCUT2D eigenvalue weighted by Gasteiger charge is 2.22. The zero-order valence-electron chi connectivity index (χ0n) is 17.8. The zero-order chi connectivity index (χ0) is 21.5. The van der Waals surface area contributed by atoms with Gasteiger partial charge < -0.3 is 9.64 Å². The molecule has 7 heteroatoms. The highest BCUT2D eigenvalue weighted by Crippen LogP contribution is 2.16. The maximum atomic E-state index is 12.5. The number of hydrogen-bond donors (Lipinski definition) is 0. The summed E-state index contributed by atoms with van der Waals surface area (Å²) in [5.74, 6) is 0.575. The van der Waals surface area contributed by atoms with E-state index in [1.54, 1.807) is 17.4 Å². The number of carbonyl (C=O) groups is 1. The minimum absolute atomic E-state index is 0.293. The zero-order valence-corrected chi connectivity index (χ0v) is 17.8.